The summed E-state index contributed by atoms with van der Waals surface area (Å²) in [5.41, 5.74) is 1.59. The van der Waals surface area contributed by atoms with Crippen LogP contribution in [0.4, 0.5) is 0 Å². The highest BCUT2D eigenvalue weighted by Gasteiger charge is 2.27. The lowest BCUT2D eigenvalue weighted by molar-refractivity contribution is -0.142. The van der Waals surface area contributed by atoms with E-state index in [0.29, 0.717) is 18.4 Å². The van der Waals surface area contributed by atoms with Crippen molar-refractivity contribution >= 4 is 22.8 Å². The minimum Gasteiger partial charge on any atom is -0.481 e. The second kappa shape index (κ2) is 5.60. The molecule has 5 heteroatoms. The second-order valence-corrected chi connectivity index (χ2v) is 5.61. The molecule has 21 heavy (non-hydrogen) atoms. The molecule has 0 radical (unpaired) electrons. The molecule has 1 aliphatic rings. The molecule has 0 saturated heterocycles. The number of hydrogen-bond donors (Lipinski definition) is 3. The number of aromatic amines is 1. The largest absolute Gasteiger partial charge is 0.481 e. The fraction of sp³-hybridized carbons (Fsp3) is 0.375. The third-order valence-electron chi connectivity index (χ3n) is 4.25. The first-order chi connectivity index (χ1) is 10.1. The minimum atomic E-state index is -0.726. The number of amides is 1. The molecule has 1 heterocycles. The van der Waals surface area contributed by atoms with Crippen molar-refractivity contribution in [3.8, 4) is 0 Å². The molecular weight excluding hydrogens is 268 g/mol. The summed E-state index contributed by atoms with van der Waals surface area (Å²) in [6.07, 6.45) is 4.45. The highest BCUT2D eigenvalue weighted by molar-refractivity contribution is 6.06. The number of rotatable bonds is 3. The Morgan fingerprint density at radius 3 is 2.57 bits per heavy atom. The Kier molecular flexibility index (Phi) is 3.64. The van der Waals surface area contributed by atoms with Crippen molar-refractivity contribution in [2.24, 2.45) is 5.92 Å². The van der Waals surface area contributed by atoms with Crippen molar-refractivity contribution in [1.29, 1.82) is 0 Å². The zero-order valence-electron chi connectivity index (χ0n) is 11.6. The van der Waals surface area contributed by atoms with Crippen LogP contribution in [0.25, 0.3) is 10.9 Å². The van der Waals surface area contributed by atoms with Gasteiger partial charge in [0.15, 0.2) is 0 Å². The highest BCUT2D eigenvalue weighted by atomic mass is 16.4. The lowest BCUT2D eigenvalue weighted by Crippen LogP contribution is -2.38. The topological polar surface area (TPSA) is 82.2 Å². The van der Waals surface area contributed by atoms with Crippen LogP contribution in [0.2, 0.25) is 0 Å². The van der Waals surface area contributed by atoms with Gasteiger partial charge in [0.05, 0.1) is 11.5 Å². The van der Waals surface area contributed by atoms with E-state index in [1.165, 1.54) is 0 Å². The smallest absolute Gasteiger partial charge is 0.306 e. The Morgan fingerprint density at radius 1 is 1.14 bits per heavy atom. The average molecular weight is 286 g/mol. The Morgan fingerprint density at radius 2 is 1.86 bits per heavy atom. The number of carbonyl (C=O) groups excluding carboxylic acids is 1. The van der Waals surface area contributed by atoms with Crippen LogP contribution in [0.5, 0.6) is 0 Å². The molecule has 2 aromatic rings. The monoisotopic (exact) mass is 286 g/mol. The summed E-state index contributed by atoms with van der Waals surface area (Å²) in [6, 6.07) is 7.76. The minimum absolute atomic E-state index is 0.0711. The first-order valence-electron chi connectivity index (χ1n) is 7.25. The molecule has 110 valence electrons. The predicted molar refractivity (Wildman–Crippen MR) is 79.1 cm³/mol. The van der Waals surface area contributed by atoms with Crippen LogP contribution < -0.4 is 5.32 Å². The van der Waals surface area contributed by atoms with Gasteiger partial charge in [-0.3, -0.25) is 9.59 Å². The van der Waals surface area contributed by atoms with Crippen LogP contribution in [0.1, 0.15) is 36.0 Å². The number of hydrogen-bond acceptors (Lipinski definition) is 2. The normalized spacial score (nSPS) is 22.1. The molecule has 1 aromatic heterocycles. The second-order valence-electron chi connectivity index (χ2n) is 5.61. The number of para-hydroxylation sites is 1. The van der Waals surface area contributed by atoms with E-state index in [4.69, 9.17) is 5.11 Å². The van der Waals surface area contributed by atoms with Crippen LogP contribution in [0.3, 0.4) is 0 Å². The van der Waals surface area contributed by atoms with Gasteiger partial charge in [-0.25, -0.2) is 0 Å². The quantitative estimate of drug-likeness (QED) is 0.811. The molecule has 1 aromatic carbocycles. The van der Waals surface area contributed by atoms with Gasteiger partial charge in [0, 0.05) is 23.1 Å². The van der Waals surface area contributed by atoms with E-state index >= 15 is 0 Å². The number of carbonyl (C=O) groups is 2. The van der Waals surface area contributed by atoms with E-state index < -0.39 is 5.97 Å². The van der Waals surface area contributed by atoms with Gasteiger partial charge in [0.1, 0.15) is 0 Å². The van der Waals surface area contributed by atoms with Crippen LogP contribution in [-0.2, 0) is 4.79 Å². The molecule has 3 rings (SSSR count). The van der Waals surface area contributed by atoms with E-state index in [-0.39, 0.29) is 17.9 Å². The van der Waals surface area contributed by atoms with Crippen molar-refractivity contribution in [2.75, 3.05) is 0 Å². The fourth-order valence-electron chi connectivity index (χ4n) is 3.01. The fourth-order valence-corrected chi connectivity index (χ4v) is 3.01. The number of benzene rings is 1. The number of carboxylic acids is 1. The lowest BCUT2D eigenvalue weighted by atomic mass is 9.86. The highest BCUT2D eigenvalue weighted by Crippen LogP contribution is 2.25. The summed E-state index contributed by atoms with van der Waals surface area (Å²) < 4.78 is 0. The summed E-state index contributed by atoms with van der Waals surface area (Å²) in [5.74, 6) is -1.08. The van der Waals surface area contributed by atoms with Gasteiger partial charge < -0.3 is 15.4 Å². The third kappa shape index (κ3) is 2.77. The average Bonchev–Trinajstić information content (AvgIpc) is 2.92. The number of fused-ring (bicyclic) bond motifs is 1. The van der Waals surface area contributed by atoms with Crippen molar-refractivity contribution in [3.63, 3.8) is 0 Å². The Bertz CT molecular complexity index is 669. The number of aliphatic carboxylic acids is 1. The Hall–Kier alpha value is -2.30. The number of aromatic nitrogens is 1. The van der Waals surface area contributed by atoms with E-state index in [2.05, 4.69) is 10.3 Å². The van der Waals surface area contributed by atoms with Crippen LogP contribution in [0, 0.1) is 5.92 Å². The number of H-pyrrole nitrogens is 1. The first-order valence-corrected chi connectivity index (χ1v) is 7.25. The zero-order valence-corrected chi connectivity index (χ0v) is 11.6. The molecular formula is C16H18N2O3. The summed E-state index contributed by atoms with van der Waals surface area (Å²) in [4.78, 5) is 26.4. The van der Waals surface area contributed by atoms with Crippen molar-refractivity contribution in [1.82, 2.24) is 10.3 Å². The third-order valence-corrected chi connectivity index (χ3v) is 4.25. The van der Waals surface area contributed by atoms with E-state index in [9.17, 15) is 9.59 Å². The summed E-state index contributed by atoms with van der Waals surface area (Å²) >= 11 is 0. The van der Waals surface area contributed by atoms with Gasteiger partial charge in [0.25, 0.3) is 5.91 Å². The maximum atomic E-state index is 12.4. The number of carboxylic acid groups (broad SMARTS) is 1. The molecule has 5 nitrogen and oxygen atoms in total. The van der Waals surface area contributed by atoms with E-state index in [0.717, 1.165) is 23.7 Å². The lowest BCUT2D eigenvalue weighted by Gasteiger charge is -2.26. The molecule has 3 N–H and O–H groups in total. The van der Waals surface area contributed by atoms with Gasteiger partial charge >= 0.3 is 5.97 Å². The van der Waals surface area contributed by atoms with Crippen LogP contribution >= 0.6 is 0 Å². The molecule has 0 atom stereocenters. The van der Waals surface area contributed by atoms with Gasteiger partial charge in [-0.05, 0) is 31.7 Å². The molecule has 1 amide bonds. The Labute approximate surface area is 122 Å². The molecule has 1 aliphatic carbocycles. The Balaban J connectivity index is 1.66. The molecule has 0 bridgehead atoms. The van der Waals surface area contributed by atoms with Crippen molar-refractivity contribution in [2.45, 2.75) is 31.7 Å². The SMILES string of the molecule is O=C(NC1CCC(C(=O)O)CC1)c1c[nH]c2ccccc12. The van der Waals surface area contributed by atoms with Crippen LogP contribution in [0.15, 0.2) is 30.5 Å². The van der Waals surface area contributed by atoms with Crippen molar-refractivity contribution in [3.05, 3.63) is 36.0 Å². The summed E-state index contributed by atoms with van der Waals surface area (Å²) in [6.45, 7) is 0. The number of nitrogens with one attached hydrogen (secondary N) is 2. The van der Waals surface area contributed by atoms with Gasteiger partial charge in [-0.2, -0.15) is 0 Å². The van der Waals surface area contributed by atoms with E-state index in [1.807, 2.05) is 24.3 Å². The van der Waals surface area contributed by atoms with Crippen LogP contribution in [-0.4, -0.2) is 28.0 Å². The maximum Gasteiger partial charge on any atom is 0.306 e. The standard InChI is InChI=1S/C16H18N2O3/c19-15(13-9-17-14-4-2-1-3-12(13)14)18-11-7-5-10(6-8-11)16(20)21/h1-4,9-11,17H,5-8H2,(H,18,19)(H,20,21). The van der Waals surface area contributed by atoms with Gasteiger partial charge in [-0.1, -0.05) is 18.2 Å². The molecule has 0 spiro atoms. The first kappa shape index (κ1) is 13.7. The van der Waals surface area contributed by atoms with E-state index in [1.54, 1.807) is 6.20 Å². The maximum absolute atomic E-state index is 12.4. The van der Waals surface area contributed by atoms with Gasteiger partial charge in [-0.15, -0.1) is 0 Å². The van der Waals surface area contributed by atoms with Crippen molar-refractivity contribution < 1.29 is 14.7 Å². The summed E-state index contributed by atoms with van der Waals surface area (Å²) in [7, 11) is 0. The molecule has 1 fully saturated rings. The summed E-state index contributed by atoms with van der Waals surface area (Å²) in [5, 5.41) is 12.9. The molecule has 0 unspecified atom stereocenters. The van der Waals surface area contributed by atoms with Gasteiger partial charge in [0.2, 0.25) is 0 Å². The molecule has 1 saturated carbocycles. The predicted octanol–water partition coefficient (Wildman–Crippen LogP) is 2.54. The molecule has 0 aliphatic heterocycles. The zero-order chi connectivity index (χ0) is 14.8.